The van der Waals surface area contributed by atoms with E-state index in [-0.39, 0.29) is 0 Å². The van der Waals surface area contributed by atoms with Crippen molar-refractivity contribution in [3.8, 4) is 6.07 Å². The summed E-state index contributed by atoms with van der Waals surface area (Å²) in [6, 6.07) is 3.19. The zero-order valence-electron chi connectivity index (χ0n) is 10.7. The first-order valence-electron chi connectivity index (χ1n) is 7.15. The number of likely N-dealkylation sites (tertiary alicyclic amines) is 2. The van der Waals surface area contributed by atoms with Gasteiger partial charge in [-0.15, -0.1) is 0 Å². The van der Waals surface area contributed by atoms with Gasteiger partial charge < -0.3 is 4.90 Å². The van der Waals surface area contributed by atoms with Gasteiger partial charge in [-0.2, -0.15) is 5.26 Å². The van der Waals surface area contributed by atoms with Crippen molar-refractivity contribution < 1.29 is 0 Å². The fourth-order valence-corrected chi connectivity index (χ4v) is 3.57. The zero-order valence-corrected chi connectivity index (χ0v) is 10.7. The lowest BCUT2D eigenvalue weighted by Gasteiger charge is -2.25. The van der Waals surface area contributed by atoms with E-state index in [1.807, 2.05) is 0 Å². The molecule has 3 fully saturated rings. The third-order valence-corrected chi connectivity index (χ3v) is 4.87. The summed E-state index contributed by atoms with van der Waals surface area (Å²) in [5.74, 6) is 0. The molecule has 0 amide bonds. The van der Waals surface area contributed by atoms with E-state index in [1.54, 1.807) is 0 Å². The van der Waals surface area contributed by atoms with Crippen LogP contribution in [0.5, 0.6) is 0 Å². The fraction of sp³-hybridized carbons (Fsp3) is 0.929. The van der Waals surface area contributed by atoms with Gasteiger partial charge in [0.05, 0.1) is 6.07 Å². The second-order valence-corrected chi connectivity index (χ2v) is 6.26. The average molecular weight is 233 g/mol. The first-order chi connectivity index (χ1) is 8.31. The molecule has 0 N–H and O–H groups in total. The van der Waals surface area contributed by atoms with Crippen LogP contribution >= 0.6 is 0 Å². The maximum absolute atomic E-state index is 8.86. The molecule has 2 heterocycles. The average Bonchev–Trinajstić information content (AvgIpc) is 2.78. The van der Waals surface area contributed by atoms with E-state index in [0.29, 0.717) is 5.41 Å². The number of rotatable bonds is 4. The highest BCUT2D eigenvalue weighted by Gasteiger charge is 2.44. The number of hydrogen-bond acceptors (Lipinski definition) is 3. The Labute approximate surface area is 104 Å². The van der Waals surface area contributed by atoms with Crippen molar-refractivity contribution in [2.24, 2.45) is 5.41 Å². The molecule has 1 atom stereocenters. The van der Waals surface area contributed by atoms with Crippen LogP contribution < -0.4 is 0 Å². The first kappa shape index (κ1) is 11.5. The standard InChI is InChI=1S/C14H23N3/c15-7-6-14(4-5-14)12-16-10-3-13(11-16)17-8-1-2-9-17/h13H,1-6,8-12H2. The van der Waals surface area contributed by atoms with Crippen molar-refractivity contribution in [2.75, 3.05) is 32.7 Å². The van der Waals surface area contributed by atoms with Crippen LogP contribution in [0.4, 0.5) is 0 Å². The Morgan fingerprint density at radius 2 is 1.94 bits per heavy atom. The first-order valence-corrected chi connectivity index (χ1v) is 7.15. The van der Waals surface area contributed by atoms with Crippen LogP contribution in [0.2, 0.25) is 0 Å². The normalized spacial score (nSPS) is 32.8. The Kier molecular flexibility index (Phi) is 3.10. The molecule has 2 aliphatic heterocycles. The van der Waals surface area contributed by atoms with Gasteiger partial charge in [0.1, 0.15) is 0 Å². The molecule has 1 saturated carbocycles. The second-order valence-electron chi connectivity index (χ2n) is 6.26. The molecule has 94 valence electrons. The Morgan fingerprint density at radius 3 is 2.59 bits per heavy atom. The summed E-state index contributed by atoms with van der Waals surface area (Å²) < 4.78 is 0. The third-order valence-electron chi connectivity index (χ3n) is 4.87. The topological polar surface area (TPSA) is 30.3 Å². The van der Waals surface area contributed by atoms with Gasteiger partial charge in [-0.05, 0) is 57.2 Å². The van der Waals surface area contributed by atoms with Gasteiger partial charge in [-0.1, -0.05) is 0 Å². The minimum absolute atomic E-state index is 0.397. The van der Waals surface area contributed by atoms with Gasteiger partial charge in [0.25, 0.3) is 0 Å². The largest absolute Gasteiger partial charge is 0.301 e. The van der Waals surface area contributed by atoms with Gasteiger partial charge in [0.2, 0.25) is 0 Å². The van der Waals surface area contributed by atoms with E-state index in [4.69, 9.17) is 5.26 Å². The van der Waals surface area contributed by atoms with Crippen molar-refractivity contribution in [1.82, 2.24) is 9.80 Å². The summed E-state index contributed by atoms with van der Waals surface area (Å²) >= 11 is 0. The van der Waals surface area contributed by atoms with Gasteiger partial charge in [-0.3, -0.25) is 4.90 Å². The van der Waals surface area contributed by atoms with Gasteiger partial charge >= 0.3 is 0 Å². The molecule has 0 spiro atoms. The number of hydrogen-bond donors (Lipinski definition) is 0. The van der Waals surface area contributed by atoms with Crippen molar-refractivity contribution in [3.63, 3.8) is 0 Å². The van der Waals surface area contributed by atoms with E-state index >= 15 is 0 Å². The molecule has 0 aromatic carbocycles. The van der Waals surface area contributed by atoms with Crippen LogP contribution in [0.3, 0.4) is 0 Å². The van der Waals surface area contributed by atoms with Crippen LogP contribution in [-0.2, 0) is 0 Å². The molecule has 1 aliphatic carbocycles. The van der Waals surface area contributed by atoms with Crippen LogP contribution in [0.1, 0.15) is 38.5 Å². The molecular formula is C14H23N3. The number of nitriles is 1. The summed E-state index contributed by atoms with van der Waals surface area (Å²) in [5.41, 5.74) is 0.397. The highest BCUT2D eigenvalue weighted by molar-refractivity contribution is 5.02. The summed E-state index contributed by atoms with van der Waals surface area (Å²) in [7, 11) is 0. The maximum atomic E-state index is 8.86. The molecule has 1 unspecified atom stereocenters. The Hall–Kier alpha value is -0.590. The summed E-state index contributed by atoms with van der Waals surface area (Å²) in [6.45, 7) is 6.34. The van der Waals surface area contributed by atoms with Crippen molar-refractivity contribution in [1.29, 1.82) is 5.26 Å². The highest BCUT2D eigenvalue weighted by Crippen LogP contribution is 2.49. The fourth-order valence-electron chi connectivity index (χ4n) is 3.57. The Balaban J connectivity index is 1.49. The molecule has 3 aliphatic rings. The maximum Gasteiger partial charge on any atom is 0.0628 e. The second kappa shape index (κ2) is 4.59. The summed E-state index contributed by atoms with van der Waals surface area (Å²) in [4.78, 5) is 5.30. The lowest BCUT2D eigenvalue weighted by molar-refractivity contribution is 0.213. The van der Waals surface area contributed by atoms with Crippen LogP contribution in [0.15, 0.2) is 0 Å². The van der Waals surface area contributed by atoms with E-state index in [9.17, 15) is 0 Å². The number of nitrogens with zero attached hydrogens (tertiary/aromatic N) is 3. The third kappa shape index (κ3) is 2.48. The summed E-state index contributed by atoms with van der Waals surface area (Å²) in [6.07, 6.45) is 7.49. The van der Waals surface area contributed by atoms with Gasteiger partial charge in [-0.25, -0.2) is 0 Å². The predicted molar refractivity (Wildman–Crippen MR) is 67.5 cm³/mol. The SMILES string of the molecule is N#CCC1(CN2CCC(N3CCCC3)C2)CC1. The molecule has 0 radical (unpaired) electrons. The van der Waals surface area contributed by atoms with Crippen LogP contribution in [0, 0.1) is 16.7 Å². The Morgan fingerprint density at radius 1 is 1.18 bits per heavy atom. The quantitative estimate of drug-likeness (QED) is 0.742. The van der Waals surface area contributed by atoms with Gasteiger partial charge in [0.15, 0.2) is 0 Å². The van der Waals surface area contributed by atoms with Crippen molar-refractivity contribution in [3.05, 3.63) is 0 Å². The highest BCUT2D eigenvalue weighted by atomic mass is 15.3. The van der Waals surface area contributed by atoms with Crippen molar-refractivity contribution >= 4 is 0 Å². The monoisotopic (exact) mass is 233 g/mol. The molecule has 0 aromatic rings. The molecule has 2 saturated heterocycles. The zero-order chi connectivity index (χ0) is 11.7. The van der Waals surface area contributed by atoms with E-state index in [2.05, 4.69) is 15.9 Å². The molecule has 3 rings (SSSR count). The van der Waals surface area contributed by atoms with Crippen LogP contribution in [0.25, 0.3) is 0 Å². The van der Waals surface area contributed by atoms with E-state index in [0.717, 1.165) is 12.5 Å². The van der Waals surface area contributed by atoms with E-state index in [1.165, 1.54) is 64.8 Å². The molecule has 3 nitrogen and oxygen atoms in total. The van der Waals surface area contributed by atoms with Gasteiger partial charge in [0, 0.05) is 25.6 Å². The molecule has 0 aromatic heterocycles. The smallest absolute Gasteiger partial charge is 0.0628 e. The molecule has 17 heavy (non-hydrogen) atoms. The predicted octanol–water partition coefficient (Wildman–Crippen LogP) is 1.85. The lowest BCUT2D eigenvalue weighted by Crippen LogP contribution is -2.36. The summed E-state index contributed by atoms with van der Waals surface area (Å²) in [5, 5.41) is 8.86. The van der Waals surface area contributed by atoms with Crippen molar-refractivity contribution in [2.45, 2.75) is 44.6 Å². The Bertz CT molecular complexity index is 310. The molecule has 3 heteroatoms. The molecule has 0 bridgehead atoms. The molecular weight excluding hydrogens is 210 g/mol. The minimum atomic E-state index is 0.397. The van der Waals surface area contributed by atoms with E-state index < -0.39 is 0 Å². The minimum Gasteiger partial charge on any atom is -0.301 e. The lowest BCUT2D eigenvalue weighted by atomic mass is 10.0. The van der Waals surface area contributed by atoms with Crippen LogP contribution in [-0.4, -0.2) is 48.6 Å².